The van der Waals surface area contributed by atoms with Gasteiger partial charge in [-0.25, -0.2) is 14.3 Å². The minimum atomic E-state index is -0.513. The lowest BCUT2D eigenvalue weighted by molar-refractivity contribution is 0.152. The molecule has 2 rings (SSSR count). The fraction of sp³-hybridized carbons (Fsp3) is 0.111. The van der Waals surface area contributed by atoms with Gasteiger partial charge in [0, 0.05) is 0 Å². The molecule has 1 aromatic heterocycles. The number of fused-ring (bicyclic) bond motifs is 1. The zero-order chi connectivity index (χ0) is 9.97. The fourth-order valence-electron chi connectivity index (χ4n) is 1.25. The molecule has 1 heterocycles. The van der Waals surface area contributed by atoms with Gasteiger partial charge in [0.2, 0.25) is 0 Å². The Hall–Kier alpha value is -1.88. The molecule has 2 aromatic rings. The van der Waals surface area contributed by atoms with Crippen LogP contribution < -0.4 is 5.73 Å². The Labute approximate surface area is 80.1 Å². The van der Waals surface area contributed by atoms with E-state index in [1.807, 2.05) is 18.2 Å². The lowest BCUT2D eigenvalue weighted by Crippen LogP contribution is -2.17. The Balaban J connectivity index is 2.47. The molecule has 0 saturated carbocycles. The van der Waals surface area contributed by atoms with Gasteiger partial charge in [-0.2, -0.15) is 0 Å². The van der Waals surface area contributed by atoms with Gasteiger partial charge in [-0.1, -0.05) is 12.1 Å². The Bertz CT molecular complexity index is 464. The lowest BCUT2D eigenvalue weighted by atomic mass is 10.3. The first-order chi connectivity index (χ1) is 6.83. The van der Waals surface area contributed by atoms with E-state index in [0.717, 1.165) is 5.52 Å². The second-order valence-electron chi connectivity index (χ2n) is 2.68. The number of carbonyl (C=O) groups excluding carboxylic acids is 1. The smallest absolute Gasteiger partial charge is 0.421 e. The van der Waals surface area contributed by atoms with Crippen molar-refractivity contribution in [3.8, 4) is 0 Å². The van der Waals surface area contributed by atoms with E-state index >= 15 is 0 Å². The minimum absolute atomic E-state index is 0.134. The van der Waals surface area contributed by atoms with Crippen molar-refractivity contribution in [3.05, 3.63) is 30.6 Å². The summed E-state index contributed by atoms with van der Waals surface area (Å²) in [6.07, 6.45) is 0.907. The second kappa shape index (κ2) is 3.47. The molecule has 0 spiro atoms. The van der Waals surface area contributed by atoms with E-state index in [2.05, 4.69) is 9.72 Å². The first kappa shape index (κ1) is 8.71. The van der Waals surface area contributed by atoms with E-state index in [1.54, 1.807) is 6.07 Å². The Morgan fingerprint density at radius 3 is 3.07 bits per heavy atom. The highest BCUT2D eigenvalue weighted by molar-refractivity contribution is 5.86. The predicted molar refractivity (Wildman–Crippen MR) is 50.7 cm³/mol. The van der Waals surface area contributed by atoms with Gasteiger partial charge < -0.3 is 4.74 Å². The molecule has 2 N–H and O–H groups in total. The van der Waals surface area contributed by atoms with Gasteiger partial charge in [-0.15, -0.1) is 0 Å². The predicted octanol–water partition coefficient (Wildman–Crippen LogP) is 0.937. The zero-order valence-electron chi connectivity index (χ0n) is 7.38. The van der Waals surface area contributed by atoms with E-state index < -0.39 is 6.09 Å². The van der Waals surface area contributed by atoms with Crippen LogP contribution in [0.5, 0.6) is 0 Å². The van der Waals surface area contributed by atoms with Gasteiger partial charge in [0.15, 0.2) is 0 Å². The van der Waals surface area contributed by atoms with E-state index in [1.165, 1.54) is 10.9 Å². The molecule has 72 valence electrons. The topological polar surface area (TPSA) is 70.1 Å². The number of rotatable bonds is 1. The number of benzene rings is 1. The average Bonchev–Trinajstić information content (AvgIpc) is 2.61. The number of hydrogen-bond donors (Lipinski definition) is 1. The van der Waals surface area contributed by atoms with Gasteiger partial charge in [-0.3, -0.25) is 5.73 Å². The van der Waals surface area contributed by atoms with Crippen LogP contribution in [0.1, 0.15) is 0 Å². The monoisotopic (exact) mass is 191 g/mol. The Kier molecular flexibility index (Phi) is 2.16. The third-order valence-electron chi connectivity index (χ3n) is 1.86. The van der Waals surface area contributed by atoms with Crippen molar-refractivity contribution in [3.63, 3.8) is 0 Å². The molecule has 0 saturated heterocycles. The largest absolute Gasteiger partial charge is 0.433 e. The number of hydrogen-bond acceptors (Lipinski definition) is 4. The van der Waals surface area contributed by atoms with Gasteiger partial charge in [0.25, 0.3) is 0 Å². The number of carbonyl (C=O) groups is 1. The highest BCUT2D eigenvalue weighted by atomic mass is 16.6. The van der Waals surface area contributed by atoms with E-state index in [0.29, 0.717) is 5.52 Å². The third-order valence-corrected chi connectivity index (χ3v) is 1.86. The van der Waals surface area contributed by atoms with Crippen molar-refractivity contribution in [2.45, 2.75) is 0 Å². The second-order valence-corrected chi connectivity index (χ2v) is 2.68. The van der Waals surface area contributed by atoms with Crippen LogP contribution in [-0.2, 0) is 4.74 Å². The number of para-hydroxylation sites is 2. The number of aromatic nitrogens is 2. The molecule has 5 nitrogen and oxygen atoms in total. The first-order valence-electron chi connectivity index (χ1n) is 4.12. The molecule has 1 aromatic carbocycles. The molecule has 0 amide bonds. The third kappa shape index (κ3) is 1.33. The summed E-state index contributed by atoms with van der Waals surface area (Å²) >= 11 is 0. The molecule has 0 aliphatic rings. The average molecular weight is 191 g/mol. The fourth-order valence-corrected chi connectivity index (χ4v) is 1.25. The summed E-state index contributed by atoms with van der Waals surface area (Å²) in [6, 6.07) is 7.30. The van der Waals surface area contributed by atoms with Crippen LogP contribution in [-0.4, -0.2) is 22.4 Å². The number of nitrogens with zero attached hydrogens (tertiary/aromatic N) is 2. The molecule has 0 aliphatic heterocycles. The molecule has 0 fully saturated rings. The summed E-state index contributed by atoms with van der Waals surface area (Å²) < 4.78 is 5.98. The Morgan fingerprint density at radius 2 is 2.29 bits per heavy atom. The highest BCUT2D eigenvalue weighted by Gasteiger charge is 2.09. The molecular weight excluding hydrogens is 182 g/mol. The minimum Gasteiger partial charge on any atom is -0.433 e. The van der Waals surface area contributed by atoms with Crippen LogP contribution >= 0.6 is 0 Å². The van der Waals surface area contributed by atoms with Crippen LogP contribution in [0.4, 0.5) is 4.79 Å². The number of imidazole rings is 1. The number of ether oxygens (including phenoxy) is 1. The van der Waals surface area contributed by atoms with Crippen LogP contribution in [0.15, 0.2) is 30.6 Å². The molecule has 0 radical (unpaired) electrons. The van der Waals surface area contributed by atoms with Crippen molar-refractivity contribution in [2.24, 2.45) is 5.73 Å². The van der Waals surface area contributed by atoms with E-state index in [9.17, 15) is 4.79 Å². The van der Waals surface area contributed by atoms with Crippen molar-refractivity contribution in [1.82, 2.24) is 9.55 Å². The van der Waals surface area contributed by atoms with Crippen molar-refractivity contribution >= 4 is 17.1 Å². The molecule has 0 aliphatic carbocycles. The lowest BCUT2D eigenvalue weighted by Gasteiger charge is -2.01. The van der Waals surface area contributed by atoms with Crippen LogP contribution in [0.25, 0.3) is 11.0 Å². The van der Waals surface area contributed by atoms with Gasteiger partial charge in [0.05, 0.1) is 11.0 Å². The molecule has 0 unspecified atom stereocenters. The standard InChI is InChI=1S/C9H9N3O2/c10-5-14-9(13)12-6-11-7-3-1-2-4-8(7)12/h1-4,6H,5,10H2. The molecular formula is C9H9N3O2. The summed E-state index contributed by atoms with van der Waals surface area (Å²) in [4.78, 5) is 15.4. The normalized spacial score (nSPS) is 10.4. The van der Waals surface area contributed by atoms with Gasteiger partial charge >= 0.3 is 6.09 Å². The summed E-state index contributed by atoms with van der Waals surface area (Å²) in [5.41, 5.74) is 6.57. The molecule has 0 atom stereocenters. The first-order valence-corrected chi connectivity index (χ1v) is 4.12. The number of nitrogens with two attached hydrogens (primary N) is 1. The summed E-state index contributed by atoms with van der Waals surface area (Å²) in [5, 5.41) is 0. The van der Waals surface area contributed by atoms with Crippen molar-refractivity contribution < 1.29 is 9.53 Å². The van der Waals surface area contributed by atoms with Crippen LogP contribution in [0.2, 0.25) is 0 Å². The van der Waals surface area contributed by atoms with Crippen LogP contribution in [0, 0.1) is 0 Å². The summed E-state index contributed by atoms with van der Waals surface area (Å²) in [7, 11) is 0. The van der Waals surface area contributed by atoms with E-state index in [-0.39, 0.29) is 6.73 Å². The molecule has 0 bridgehead atoms. The van der Waals surface area contributed by atoms with Crippen molar-refractivity contribution in [2.75, 3.05) is 6.73 Å². The molecule has 14 heavy (non-hydrogen) atoms. The maximum Gasteiger partial charge on any atom is 0.421 e. The van der Waals surface area contributed by atoms with Crippen molar-refractivity contribution in [1.29, 1.82) is 0 Å². The molecule has 5 heteroatoms. The Morgan fingerprint density at radius 1 is 1.50 bits per heavy atom. The highest BCUT2D eigenvalue weighted by Crippen LogP contribution is 2.11. The summed E-state index contributed by atoms with van der Waals surface area (Å²) in [5.74, 6) is 0. The van der Waals surface area contributed by atoms with Gasteiger partial charge in [-0.05, 0) is 12.1 Å². The maximum atomic E-state index is 11.3. The van der Waals surface area contributed by atoms with Crippen LogP contribution in [0.3, 0.4) is 0 Å². The van der Waals surface area contributed by atoms with Gasteiger partial charge in [0.1, 0.15) is 13.1 Å². The quantitative estimate of drug-likeness (QED) is 0.681. The SMILES string of the molecule is NCOC(=O)n1cnc2ccccc21. The zero-order valence-corrected chi connectivity index (χ0v) is 7.38. The maximum absolute atomic E-state index is 11.3. The van der Waals surface area contributed by atoms with E-state index in [4.69, 9.17) is 5.73 Å². The summed E-state index contributed by atoms with van der Waals surface area (Å²) in [6.45, 7) is -0.134.